The summed E-state index contributed by atoms with van der Waals surface area (Å²) < 4.78 is 5.92. The number of rotatable bonds is 1. The van der Waals surface area contributed by atoms with Gasteiger partial charge in [0.05, 0.1) is 6.10 Å². The second-order valence-electron chi connectivity index (χ2n) is 11.1. The van der Waals surface area contributed by atoms with Crippen LogP contribution in [-0.2, 0) is 9.53 Å². The lowest BCUT2D eigenvalue weighted by Crippen LogP contribution is -2.53. The van der Waals surface area contributed by atoms with E-state index in [1.54, 1.807) is 5.57 Å². The first kappa shape index (κ1) is 18.2. The molecule has 0 amide bonds. The van der Waals surface area contributed by atoms with Crippen LogP contribution in [0, 0.1) is 34.5 Å². The van der Waals surface area contributed by atoms with E-state index in [1.165, 1.54) is 32.1 Å². The fourth-order valence-electron chi connectivity index (χ4n) is 8.60. The minimum Gasteiger partial charge on any atom is -0.459 e. The molecule has 0 spiro atoms. The fraction of sp³-hybridized carbons (Fsp3) is 0.875. The molecule has 1 heterocycles. The predicted molar refractivity (Wildman–Crippen MR) is 105 cm³/mol. The number of allylic oxidation sites excluding steroid dienone is 1. The van der Waals surface area contributed by atoms with Crippen molar-refractivity contribution in [3.8, 4) is 0 Å². The number of hydrogen-bond acceptors (Lipinski definition) is 3. The number of hydrogen-bond donors (Lipinski definition) is 1. The Morgan fingerprint density at radius 2 is 1.85 bits per heavy atom. The van der Waals surface area contributed by atoms with Gasteiger partial charge in [0.25, 0.3) is 0 Å². The molecule has 0 aromatic carbocycles. The molecule has 8 atom stereocenters. The minimum atomic E-state index is -0.234. The van der Waals surface area contributed by atoms with Crippen LogP contribution in [0.5, 0.6) is 0 Å². The van der Waals surface area contributed by atoms with Gasteiger partial charge in [-0.2, -0.15) is 0 Å². The third kappa shape index (κ3) is 2.46. The van der Waals surface area contributed by atoms with Gasteiger partial charge in [-0.1, -0.05) is 25.5 Å². The molecule has 0 radical (unpaired) electrons. The zero-order valence-electron chi connectivity index (χ0n) is 17.3. The number of carbonyl (C=O) groups excluding carboxylic acids is 1. The van der Waals surface area contributed by atoms with E-state index in [2.05, 4.69) is 26.8 Å². The van der Waals surface area contributed by atoms with Crippen molar-refractivity contribution in [2.75, 3.05) is 0 Å². The van der Waals surface area contributed by atoms with Crippen LogP contribution in [0.2, 0.25) is 0 Å². The van der Waals surface area contributed by atoms with Crippen LogP contribution in [0.25, 0.3) is 0 Å². The standard InChI is InChI=1S/C24H36O3/c1-22-11-8-16(25)14-15(22)4-5-17-18-6-7-20(23(18,2)12-9-19(17)22)24(3)13-10-21(26)27-24/h4,16-20,25H,5-14H2,1-3H3/t16-,17-,18-,19-,20+,22+,23+,24-/m1/s1. The van der Waals surface area contributed by atoms with Crippen LogP contribution < -0.4 is 0 Å². The smallest absolute Gasteiger partial charge is 0.306 e. The molecule has 150 valence electrons. The Kier molecular flexibility index (Phi) is 3.94. The van der Waals surface area contributed by atoms with E-state index in [0.29, 0.717) is 23.2 Å². The molecule has 1 aliphatic heterocycles. The van der Waals surface area contributed by atoms with E-state index >= 15 is 0 Å². The predicted octanol–water partition coefficient (Wildman–Crippen LogP) is 5.02. The van der Waals surface area contributed by atoms with Gasteiger partial charge in [0.2, 0.25) is 0 Å². The Hall–Kier alpha value is -0.830. The normalized spacial score (nSPS) is 54.6. The third-order valence-corrected chi connectivity index (χ3v) is 9.99. The van der Waals surface area contributed by atoms with Crippen LogP contribution in [-0.4, -0.2) is 22.8 Å². The van der Waals surface area contributed by atoms with E-state index in [-0.39, 0.29) is 17.7 Å². The van der Waals surface area contributed by atoms with Crippen molar-refractivity contribution >= 4 is 5.97 Å². The molecule has 0 unspecified atom stereocenters. The van der Waals surface area contributed by atoms with Gasteiger partial charge >= 0.3 is 5.97 Å². The fourth-order valence-corrected chi connectivity index (χ4v) is 8.60. The van der Waals surface area contributed by atoms with Crippen molar-refractivity contribution in [2.45, 2.75) is 96.7 Å². The van der Waals surface area contributed by atoms with E-state index in [1.807, 2.05) is 0 Å². The van der Waals surface area contributed by atoms with Gasteiger partial charge in [0.1, 0.15) is 5.60 Å². The second-order valence-corrected chi connectivity index (χ2v) is 11.1. The maximum absolute atomic E-state index is 11.9. The zero-order chi connectivity index (χ0) is 19.0. The molecule has 3 saturated carbocycles. The molecule has 0 bridgehead atoms. The molecule has 5 rings (SSSR count). The Morgan fingerprint density at radius 3 is 2.59 bits per heavy atom. The summed E-state index contributed by atoms with van der Waals surface area (Å²) in [6.07, 6.45) is 13.2. The lowest BCUT2D eigenvalue weighted by molar-refractivity contribution is -0.158. The molecule has 27 heavy (non-hydrogen) atoms. The van der Waals surface area contributed by atoms with Crippen LogP contribution >= 0.6 is 0 Å². The summed E-state index contributed by atoms with van der Waals surface area (Å²) in [5.41, 5.74) is 1.95. The number of fused-ring (bicyclic) bond motifs is 5. The lowest BCUT2D eigenvalue weighted by atomic mass is 9.46. The summed E-state index contributed by atoms with van der Waals surface area (Å²) in [4.78, 5) is 11.9. The van der Waals surface area contributed by atoms with E-state index in [9.17, 15) is 9.90 Å². The third-order valence-electron chi connectivity index (χ3n) is 9.99. The summed E-state index contributed by atoms with van der Waals surface area (Å²) in [7, 11) is 0. The number of carbonyl (C=O) groups is 1. The first-order valence-corrected chi connectivity index (χ1v) is 11.4. The first-order chi connectivity index (χ1) is 12.8. The molecule has 4 aliphatic carbocycles. The van der Waals surface area contributed by atoms with Crippen molar-refractivity contribution in [1.82, 2.24) is 0 Å². The largest absolute Gasteiger partial charge is 0.459 e. The summed E-state index contributed by atoms with van der Waals surface area (Å²) >= 11 is 0. The average Bonchev–Trinajstić information content (AvgIpc) is 3.15. The number of cyclic esters (lactones) is 1. The Labute approximate surface area is 163 Å². The summed E-state index contributed by atoms with van der Waals surface area (Å²) in [6.45, 7) is 7.23. The molecule has 0 aromatic heterocycles. The lowest BCUT2D eigenvalue weighted by Gasteiger charge is -2.58. The van der Waals surface area contributed by atoms with Crippen LogP contribution in [0.4, 0.5) is 0 Å². The minimum absolute atomic E-state index is 0.0109. The SMILES string of the molecule is C[C@]12CC[C@@H]3[C@H](CC=C4C[C@H](O)CC[C@@]43C)[C@H]1CC[C@@H]2[C@@]1(C)CCC(=O)O1. The van der Waals surface area contributed by atoms with Gasteiger partial charge in [-0.25, -0.2) is 0 Å². The molecule has 1 saturated heterocycles. The molecule has 1 N–H and O–H groups in total. The monoisotopic (exact) mass is 372 g/mol. The average molecular weight is 373 g/mol. The molecule has 0 aromatic rings. The molecule has 5 aliphatic rings. The Bertz CT molecular complexity index is 683. The second kappa shape index (κ2) is 5.84. The zero-order valence-corrected chi connectivity index (χ0v) is 17.3. The highest BCUT2D eigenvalue weighted by Gasteiger charge is 2.62. The van der Waals surface area contributed by atoms with E-state index < -0.39 is 0 Å². The van der Waals surface area contributed by atoms with E-state index in [4.69, 9.17) is 4.74 Å². The van der Waals surface area contributed by atoms with Crippen molar-refractivity contribution in [3.05, 3.63) is 11.6 Å². The highest BCUT2D eigenvalue weighted by atomic mass is 16.6. The molecule has 3 nitrogen and oxygen atoms in total. The van der Waals surface area contributed by atoms with Gasteiger partial charge in [-0.05, 0) is 93.3 Å². The maximum atomic E-state index is 11.9. The number of esters is 1. The number of aliphatic hydroxyl groups excluding tert-OH is 1. The molecular formula is C24H36O3. The summed E-state index contributed by atoms with van der Waals surface area (Å²) in [5.74, 6) is 2.85. The van der Waals surface area contributed by atoms with E-state index in [0.717, 1.165) is 43.4 Å². The van der Waals surface area contributed by atoms with Crippen molar-refractivity contribution in [3.63, 3.8) is 0 Å². The Morgan fingerprint density at radius 1 is 1.04 bits per heavy atom. The van der Waals surface area contributed by atoms with Crippen molar-refractivity contribution in [2.24, 2.45) is 34.5 Å². The van der Waals surface area contributed by atoms with Crippen LogP contribution in [0.15, 0.2) is 11.6 Å². The van der Waals surface area contributed by atoms with Gasteiger partial charge in [0, 0.05) is 12.3 Å². The summed E-state index contributed by atoms with van der Waals surface area (Å²) in [6, 6.07) is 0. The maximum Gasteiger partial charge on any atom is 0.306 e. The van der Waals surface area contributed by atoms with Crippen molar-refractivity contribution in [1.29, 1.82) is 0 Å². The molecular weight excluding hydrogens is 336 g/mol. The van der Waals surface area contributed by atoms with Crippen molar-refractivity contribution < 1.29 is 14.6 Å². The van der Waals surface area contributed by atoms with Gasteiger partial charge in [0.15, 0.2) is 0 Å². The molecule has 3 heteroatoms. The highest BCUT2D eigenvalue weighted by molar-refractivity contribution is 5.72. The van der Waals surface area contributed by atoms with Gasteiger partial charge in [-0.15, -0.1) is 0 Å². The van der Waals surface area contributed by atoms with Crippen LogP contribution in [0.1, 0.15) is 85.0 Å². The summed E-state index contributed by atoms with van der Waals surface area (Å²) in [5, 5.41) is 10.2. The quantitative estimate of drug-likeness (QED) is 0.519. The van der Waals surface area contributed by atoms with Gasteiger partial charge < -0.3 is 9.84 Å². The number of ether oxygens (including phenoxy) is 1. The van der Waals surface area contributed by atoms with Gasteiger partial charge in [-0.3, -0.25) is 4.79 Å². The first-order valence-electron chi connectivity index (χ1n) is 11.4. The molecule has 4 fully saturated rings. The Balaban J connectivity index is 1.44. The van der Waals surface area contributed by atoms with Crippen LogP contribution in [0.3, 0.4) is 0 Å². The highest BCUT2D eigenvalue weighted by Crippen LogP contribution is 2.68. The topological polar surface area (TPSA) is 46.5 Å². The number of aliphatic hydroxyl groups is 1.